The first-order valence-electron chi connectivity index (χ1n) is 5.94. The highest BCUT2D eigenvalue weighted by Crippen LogP contribution is 2.24. The molecule has 1 aromatic carbocycles. The van der Waals surface area contributed by atoms with Crippen LogP contribution in [0, 0.1) is 0 Å². The Hall–Kier alpha value is -2.05. The highest BCUT2D eigenvalue weighted by molar-refractivity contribution is 6.39. The zero-order valence-corrected chi connectivity index (χ0v) is 12.1. The Kier molecular flexibility index (Phi) is 4.82. The first-order valence-corrected chi connectivity index (χ1v) is 6.69. The van der Waals surface area contributed by atoms with Crippen LogP contribution in [0.5, 0.6) is 0 Å². The summed E-state index contributed by atoms with van der Waals surface area (Å²) < 4.78 is 0. The third-order valence-corrected chi connectivity index (χ3v) is 3.40. The van der Waals surface area contributed by atoms with Crippen molar-refractivity contribution in [2.45, 2.75) is 12.5 Å². The number of imidazole rings is 1. The van der Waals surface area contributed by atoms with Crippen LogP contribution in [0.3, 0.4) is 0 Å². The molecule has 0 bridgehead atoms. The smallest absolute Gasteiger partial charge is 0.326 e. The maximum absolute atomic E-state index is 12.2. The van der Waals surface area contributed by atoms with Crippen LogP contribution < -0.4 is 5.32 Å². The van der Waals surface area contributed by atoms with Gasteiger partial charge in [0.2, 0.25) is 0 Å². The summed E-state index contributed by atoms with van der Waals surface area (Å²) in [5.74, 6) is -1.81. The number of amides is 1. The molecule has 1 amide bonds. The summed E-state index contributed by atoms with van der Waals surface area (Å²) >= 11 is 11.8. The number of hydrogen-bond donors (Lipinski definition) is 3. The van der Waals surface area contributed by atoms with Gasteiger partial charge in [0.25, 0.3) is 5.91 Å². The van der Waals surface area contributed by atoms with Crippen LogP contribution >= 0.6 is 23.2 Å². The third-order valence-electron chi connectivity index (χ3n) is 2.77. The summed E-state index contributed by atoms with van der Waals surface area (Å²) in [4.78, 5) is 30.0. The maximum atomic E-state index is 12.2. The molecular formula is C13H11Cl2N3O3. The van der Waals surface area contributed by atoms with E-state index in [1.54, 1.807) is 6.07 Å². The molecule has 110 valence electrons. The van der Waals surface area contributed by atoms with Gasteiger partial charge in [-0.05, 0) is 12.1 Å². The molecule has 6 nitrogen and oxygen atoms in total. The lowest BCUT2D eigenvalue weighted by molar-refractivity contribution is -0.139. The molecule has 0 aliphatic heterocycles. The number of carboxylic acid groups (broad SMARTS) is 1. The molecule has 0 aliphatic carbocycles. The Morgan fingerprint density at radius 2 is 2.00 bits per heavy atom. The molecule has 2 aromatic rings. The van der Waals surface area contributed by atoms with Crippen LogP contribution in [0.15, 0.2) is 30.7 Å². The van der Waals surface area contributed by atoms with Crippen LogP contribution in [0.4, 0.5) is 0 Å². The van der Waals surface area contributed by atoms with E-state index in [9.17, 15) is 14.7 Å². The molecule has 1 atom stereocenters. The van der Waals surface area contributed by atoms with Crippen molar-refractivity contribution in [3.63, 3.8) is 0 Å². The fourth-order valence-electron chi connectivity index (χ4n) is 1.76. The van der Waals surface area contributed by atoms with Crippen molar-refractivity contribution < 1.29 is 14.7 Å². The summed E-state index contributed by atoms with van der Waals surface area (Å²) in [6.07, 6.45) is 2.99. The van der Waals surface area contributed by atoms with Gasteiger partial charge in [-0.3, -0.25) is 4.79 Å². The Bertz CT molecular complexity index is 638. The average molecular weight is 328 g/mol. The number of halogens is 2. The molecular weight excluding hydrogens is 317 g/mol. The van der Waals surface area contributed by atoms with Crippen LogP contribution in [-0.4, -0.2) is 33.0 Å². The minimum atomic E-state index is -1.17. The number of aromatic nitrogens is 2. The van der Waals surface area contributed by atoms with Gasteiger partial charge in [-0.1, -0.05) is 29.3 Å². The Balaban J connectivity index is 2.17. The van der Waals surface area contributed by atoms with Crippen molar-refractivity contribution in [3.8, 4) is 0 Å². The molecule has 0 radical (unpaired) electrons. The van der Waals surface area contributed by atoms with Crippen molar-refractivity contribution in [3.05, 3.63) is 52.0 Å². The second kappa shape index (κ2) is 6.60. The Morgan fingerprint density at radius 3 is 2.52 bits per heavy atom. The van der Waals surface area contributed by atoms with Gasteiger partial charge in [0.15, 0.2) is 0 Å². The van der Waals surface area contributed by atoms with Crippen molar-refractivity contribution in [1.29, 1.82) is 0 Å². The number of carbonyl (C=O) groups is 2. The highest BCUT2D eigenvalue weighted by atomic mass is 35.5. The minimum absolute atomic E-state index is 0.0525. The molecule has 0 unspecified atom stereocenters. The predicted octanol–water partition coefficient (Wildman–Crippen LogP) is 2.14. The van der Waals surface area contributed by atoms with E-state index in [0.29, 0.717) is 5.69 Å². The van der Waals surface area contributed by atoms with Gasteiger partial charge in [0.05, 0.1) is 21.9 Å². The highest BCUT2D eigenvalue weighted by Gasteiger charge is 2.24. The molecule has 0 saturated heterocycles. The quantitative estimate of drug-likeness (QED) is 0.784. The fourth-order valence-corrected chi connectivity index (χ4v) is 2.33. The topological polar surface area (TPSA) is 95.1 Å². The van der Waals surface area contributed by atoms with Gasteiger partial charge in [-0.15, -0.1) is 0 Å². The lowest BCUT2D eigenvalue weighted by atomic mass is 10.1. The van der Waals surface area contributed by atoms with E-state index in [4.69, 9.17) is 23.2 Å². The van der Waals surface area contributed by atoms with Gasteiger partial charge < -0.3 is 15.4 Å². The second-order valence-electron chi connectivity index (χ2n) is 4.24. The molecule has 1 heterocycles. The summed E-state index contributed by atoms with van der Waals surface area (Å²) in [6.45, 7) is 0. The van der Waals surface area contributed by atoms with Crippen molar-refractivity contribution in [1.82, 2.24) is 15.3 Å². The van der Waals surface area contributed by atoms with E-state index in [0.717, 1.165) is 0 Å². The van der Waals surface area contributed by atoms with Gasteiger partial charge >= 0.3 is 5.97 Å². The number of carbonyl (C=O) groups excluding carboxylic acids is 1. The monoisotopic (exact) mass is 327 g/mol. The maximum Gasteiger partial charge on any atom is 0.326 e. The summed E-state index contributed by atoms with van der Waals surface area (Å²) in [5.41, 5.74) is 0.643. The molecule has 0 fully saturated rings. The van der Waals surface area contributed by atoms with Crippen molar-refractivity contribution in [2.24, 2.45) is 0 Å². The SMILES string of the molecule is O=C(N[C@H](Cc1cnc[nH]1)C(=O)O)c1c(Cl)cccc1Cl. The van der Waals surface area contributed by atoms with E-state index >= 15 is 0 Å². The molecule has 0 aliphatic rings. The normalized spacial score (nSPS) is 11.9. The van der Waals surface area contributed by atoms with Gasteiger partial charge in [-0.2, -0.15) is 0 Å². The van der Waals surface area contributed by atoms with Crippen LogP contribution in [0.2, 0.25) is 10.0 Å². The molecule has 0 saturated carbocycles. The number of hydrogen-bond acceptors (Lipinski definition) is 3. The lowest BCUT2D eigenvalue weighted by Gasteiger charge is -2.15. The summed E-state index contributed by atoms with van der Waals surface area (Å²) in [6, 6.07) is 3.49. The molecule has 8 heteroatoms. The number of nitrogens with zero attached hydrogens (tertiary/aromatic N) is 1. The van der Waals surface area contributed by atoms with Crippen LogP contribution in [-0.2, 0) is 11.2 Å². The number of rotatable bonds is 5. The van der Waals surface area contributed by atoms with E-state index in [2.05, 4.69) is 15.3 Å². The number of nitrogens with one attached hydrogen (secondary N) is 2. The van der Waals surface area contributed by atoms with E-state index in [1.165, 1.54) is 24.7 Å². The predicted molar refractivity (Wildman–Crippen MR) is 77.6 cm³/mol. The first-order chi connectivity index (χ1) is 9.99. The Labute approximate surface area is 130 Å². The number of benzene rings is 1. The molecule has 0 spiro atoms. The van der Waals surface area contributed by atoms with Crippen molar-refractivity contribution in [2.75, 3.05) is 0 Å². The van der Waals surface area contributed by atoms with E-state index in [-0.39, 0.29) is 22.0 Å². The van der Waals surface area contributed by atoms with Crippen LogP contribution in [0.25, 0.3) is 0 Å². The van der Waals surface area contributed by atoms with Crippen molar-refractivity contribution >= 4 is 35.1 Å². The fraction of sp³-hybridized carbons (Fsp3) is 0.154. The summed E-state index contributed by atoms with van der Waals surface area (Å²) in [5, 5.41) is 11.9. The standard InChI is InChI=1S/C13H11Cl2N3O3/c14-8-2-1-3-9(15)11(8)12(19)18-10(13(20)21)4-7-5-16-6-17-7/h1-3,5-6,10H,4H2,(H,16,17)(H,18,19)(H,20,21)/t10-/m1/s1. The van der Waals surface area contributed by atoms with Gasteiger partial charge in [0.1, 0.15) is 6.04 Å². The van der Waals surface area contributed by atoms with Gasteiger partial charge in [0, 0.05) is 18.3 Å². The largest absolute Gasteiger partial charge is 0.480 e. The Morgan fingerprint density at radius 1 is 1.33 bits per heavy atom. The molecule has 3 N–H and O–H groups in total. The summed E-state index contributed by atoms with van der Waals surface area (Å²) in [7, 11) is 0. The molecule has 1 aromatic heterocycles. The zero-order valence-electron chi connectivity index (χ0n) is 10.6. The molecule has 2 rings (SSSR count). The van der Waals surface area contributed by atoms with Gasteiger partial charge in [-0.25, -0.2) is 9.78 Å². The van der Waals surface area contributed by atoms with E-state index in [1.807, 2.05) is 0 Å². The molecule has 21 heavy (non-hydrogen) atoms. The first kappa shape index (κ1) is 15.3. The second-order valence-corrected chi connectivity index (χ2v) is 5.06. The number of H-pyrrole nitrogens is 1. The average Bonchev–Trinajstić information content (AvgIpc) is 2.90. The number of carboxylic acids is 1. The van der Waals surface area contributed by atoms with Crippen LogP contribution in [0.1, 0.15) is 16.1 Å². The third kappa shape index (κ3) is 3.74. The minimum Gasteiger partial charge on any atom is -0.480 e. The number of aliphatic carboxylic acids is 1. The number of aromatic amines is 1. The lowest BCUT2D eigenvalue weighted by Crippen LogP contribution is -2.42. The van der Waals surface area contributed by atoms with E-state index < -0.39 is 17.9 Å². The zero-order chi connectivity index (χ0) is 15.4.